The molecule has 0 saturated carbocycles. The van der Waals surface area contributed by atoms with Gasteiger partial charge < -0.3 is 15.9 Å². The molecule has 2 rings (SSSR count). The van der Waals surface area contributed by atoms with Gasteiger partial charge >= 0.3 is 5.69 Å². The molecule has 0 saturated heterocycles. The number of nitro groups is 1. The lowest BCUT2D eigenvalue weighted by Gasteiger charge is -2.01. The first-order valence-corrected chi connectivity index (χ1v) is 10.5. The number of anilines is 1. The summed E-state index contributed by atoms with van der Waals surface area (Å²) in [6.07, 6.45) is 2.02. The van der Waals surface area contributed by atoms with E-state index in [0.717, 1.165) is 30.7 Å². The Kier molecular flexibility index (Phi) is 6.17. The van der Waals surface area contributed by atoms with Crippen LogP contribution in [-0.4, -0.2) is 44.5 Å². The number of phenolic OH excluding ortho intramolecular Hbond substituents is 2. The summed E-state index contributed by atoms with van der Waals surface area (Å²) in [4.78, 5) is 9.42. The van der Waals surface area contributed by atoms with Crippen LogP contribution in [0.5, 0.6) is 11.5 Å². The Morgan fingerprint density at radius 2 is 1.31 bits per heavy atom. The number of phenols is 2. The van der Waals surface area contributed by atoms with Crippen LogP contribution >= 0.6 is 0 Å². The summed E-state index contributed by atoms with van der Waals surface area (Å²) < 4.78 is 43.9. The summed E-state index contributed by atoms with van der Waals surface area (Å²) in [5.74, 6) is -0.662. The molecule has 0 spiro atoms. The lowest BCUT2D eigenvalue weighted by molar-refractivity contribution is -0.386. The second-order valence-corrected chi connectivity index (χ2v) is 9.20. The molecule has 0 unspecified atom stereocenters. The molecule has 0 atom stereocenters. The van der Waals surface area contributed by atoms with Gasteiger partial charge in [-0.2, -0.15) is 0 Å². The quantitative estimate of drug-likeness (QED) is 0.292. The van der Waals surface area contributed by atoms with Crippen molar-refractivity contribution in [3.05, 3.63) is 46.5 Å². The number of hydrogen-bond donors (Lipinski definition) is 3. The molecule has 0 aromatic heterocycles. The molecule has 0 heterocycles. The molecule has 4 N–H and O–H groups in total. The fourth-order valence-corrected chi connectivity index (χ4v) is 2.94. The summed E-state index contributed by atoms with van der Waals surface area (Å²) in [6, 6.07) is 6.70. The van der Waals surface area contributed by atoms with Crippen molar-refractivity contribution in [3.63, 3.8) is 0 Å². The summed E-state index contributed by atoms with van der Waals surface area (Å²) in [6.45, 7) is 0. The Labute approximate surface area is 149 Å². The van der Waals surface area contributed by atoms with Crippen molar-refractivity contribution in [1.29, 1.82) is 0 Å². The van der Waals surface area contributed by atoms with Crippen molar-refractivity contribution in [2.75, 3.05) is 18.2 Å². The maximum absolute atomic E-state index is 11.0. The van der Waals surface area contributed by atoms with Crippen LogP contribution in [0.25, 0.3) is 0 Å². The van der Waals surface area contributed by atoms with Crippen LogP contribution < -0.4 is 5.73 Å². The van der Waals surface area contributed by atoms with E-state index in [1.807, 2.05) is 0 Å². The fourth-order valence-electron chi connectivity index (χ4n) is 1.64. The van der Waals surface area contributed by atoms with Gasteiger partial charge in [0.2, 0.25) is 0 Å². The van der Waals surface area contributed by atoms with Gasteiger partial charge in [0.15, 0.2) is 25.4 Å². The first-order chi connectivity index (χ1) is 11.7. The van der Waals surface area contributed by atoms with Gasteiger partial charge in [-0.05, 0) is 30.3 Å². The van der Waals surface area contributed by atoms with Crippen molar-refractivity contribution in [1.82, 2.24) is 0 Å². The van der Waals surface area contributed by atoms with Gasteiger partial charge in [-0.25, -0.2) is 16.8 Å². The third-order valence-electron chi connectivity index (χ3n) is 3.00. The molecule has 12 heteroatoms. The van der Waals surface area contributed by atoms with Crippen LogP contribution in [0.4, 0.5) is 11.4 Å². The highest BCUT2D eigenvalue weighted by molar-refractivity contribution is 7.91. The number of benzene rings is 2. The Morgan fingerprint density at radius 1 is 0.885 bits per heavy atom. The third-order valence-corrected chi connectivity index (χ3v) is 5.22. The normalized spacial score (nSPS) is 11.3. The fraction of sp³-hybridized carbons (Fsp3) is 0.143. The zero-order valence-electron chi connectivity index (χ0n) is 13.6. The highest BCUT2D eigenvalue weighted by atomic mass is 32.2. The average molecular weight is 404 g/mol. The zero-order valence-corrected chi connectivity index (χ0v) is 15.3. The topological polar surface area (TPSA) is 178 Å². The molecule has 0 amide bonds. The van der Waals surface area contributed by atoms with E-state index in [9.17, 15) is 26.9 Å². The van der Waals surface area contributed by atoms with E-state index in [0.29, 0.717) is 0 Å². The molecular formula is C14H16N2O8S2. The van der Waals surface area contributed by atoms with Gasteiger partial charge in [-0.3, -0.25) is 10.1 Å². The van der Waals surface area contributed by atoms with Crippen molar-refractivity contribution in [2.24, 2.45) is 0 Å². The monoisotopic (exact) mass is 404 g/mol. The molecule has 0 aliphatic rings. The number of nitrogen functional groups attached to an aromatic ring is 1. The Hall–Kier alpha value is -2.86. The molecule has 10 nitrogen and oxygen atoms in total. The van der Waals surface area contributed by atoms with E-state index < -0.39 is 36.0 Å². The molecule has 0 fully saturated rings. The summed E-state index contributed by atoms with van der Waals surface area (Å²) in [5.41, 5.74) is 4.75. The van der Waals surface area contributed by atoms with E-state index in [1.54, 1.807) is 0 Å². The van der Waals surface area contributed by atoms with Gasteiger partial charge in [0.1, 0.15) is 5.75 Å². The molecule has 2 aromatic rings. The van der Waals surface area contributed by atoms with E-state index in [-0.39, 0.29) is 21.2 Å². The maximum atomic E-state index is 11.0. The van der Waals surface area contributed by atoms with Crippen molar-refractivity contribution < 1.29 is 32.0 Å². The van der Waals surface area contributed by atoms with Crippen molar-refractivity contribution >= 4 is 31.0 Å². The van der Waals surface area contributed by atoms with Gasteiger partial charge in [0, 0.05) is 18.6 Å². The van der Waals surface area contributed by atoms with Crippen LogP contribution in [-0.2, 0) is 19.7 Å². The number of aromatic hydroxyl groups is 2. The largest absolute Gasteiger partial charge is 0.506 e. The number of rotatable bonds is 3. The number of sulfone groups is 2. The summed E-state index contributed by atoms with van der Waals surface area (Å²) in [7, 11) is -6.72. The Morgan fingerprint density at radius 3 is 1.69 bits per heavy atom. The van der Waals surface area contributed by atoms with Gasteiger partial charge in [0.05, 0.1) is 20.4 Å². The predicted octanol–water partition coefficient (Wildman–Crippen LogP) is 1.08. The number of hydrogen-bond acceptors (Lipinski definition) is 9. The number of nitro benzene ring substituents is 1. The lowest BCUT2D eigenvalue weighted by Crippen LogP contribution is -1.98. The van der Waals surface area contributed by atoms with Gasteiger partial charge in [-0.1, -0.05) is 0 Å². The molecule has 142 valence electrons. The first-order valence-electron chi connectivity index (χ1n) is 6.69. The highest BCUT2D eigenvalue weighted by Crippen LogP contribution is 2.28. The predicted molar refractivity (Wildman–Crippen MR) is 93.5 cm³/mol. The van der Waals surface area contributed by atoms with E-state index in [4.69, 9.17) is 15.9 Å². The standard InChI is InChI=1S/C7H7NO5S.C7H9NO3S/c1-14(12,13)5-2-3-7(9)6(4-5)8(10)11;1-12(10,11)5-2-3-7(9)6(8)4-5/h2-4,9H,1H3;2-4,9H,8H2,1H3. The minimum Gasteiger partial charge on any atom is -0.506 e. The Bertz CT molecular complexity index is 1050. The SMILES string of the molecule is CS(=O)(=O)c1ccc(O)c(N)c1.CS(=O)(=O)c1ccc(O)c([N+](=O)[O-])c1. The molecular weight excluding hydrogens is 388 g/mol. The second-order valence-electron chi connectivity index (χ2n) is 5.17. The highest BCUT2D eigenvalue weighted by Gasteiger charge is 2.17. The molecule has 0 aliphatic heterocycles. The van der Waals surface area contributed by atoms with Crippen molar-refractivity contribution in [3.8, 4) is 11.5 Å². The summed E-state index contributed by atoms with van der Waals surface area (Å²) in [5, 5.41) is 28.4. The lowest BCUT2D eigenvalue weighted by atomic mass is 10.3. The molecule has 0 aliphatic carbocycles. The molecule has 0 radical (unpaired) electrons. The van der Waals surface area contributed by atoms with Gasteiger partial charge in [-0.15, -0.1) is 0 Å². The maximum Gasteiger partial charge on any atom is 0.311 e. The molecule has 2 aromatic carbocycles. The molecule has 0 bridgehead atoms. The van der Waals surface area contributed by atoms with Crippen molar-refractivity contribution in [2.45, 2.75) is 9.79 Å². The van der Waals surface area contributed by atoms with Crippen LogP contribution in [0, 0.1) is 10.1 Å². The van der Waals surface area contributed by atoms with Gasteiger partial charge in [0.25, 0.3) is 0 Å². The smallest absolute Gasteiger partial charge is 0.311 e. The average Bonchev–Trinajstić information content (AvgIpc) is 2.48. The minimum atomic E-state index is -3.49. The first kappa shape index (κ1) is 21.2. The van der Waals surface area contributed by atoms with Crippen LogP contribution in [0.3, 0.4) is 0 Å². The third kappa shape index (κ3) is 5.60. The van der Waals surface area contributed by atoms with Crippen LogP contribution in [0.1, 0.15) is 0 Å². The molecule has 26 heavy (non-hydrogen) atoms. The second kappa shape index (κ2) is 7.58. The Balaban J connectivity index is 0.000000263. The number of nitrogens with two attached hydrogens (primary N) is 1. The summed E-state index contributed by atoms with van der Waals surface area (Å²) >= 11 is 0. The van der Waals surface area contributed by atoms with Crippen LogP contribution in [0.15, 0.2) is 46.2 Å². The van der Waals surface area contributed by atoms with E-state index >= 15 is 0 Å². The van der Waals surface area contributed by atoms with E-state index in [2.05, 4.69) is 0 Å². The number of nitrogens with zero attached hydrogens (tertiary/aromatic N) is 1. The zero-order chi connectivity index (χ0) is 20.3. The van der Waals surface area contributed by atoms with E-state index in [1.165, 1.54) is 18.2 Å². The van der Waals surface area contributed by atoms with Crippen LogP contribution in [0.2, 0.25) is 0 Å². The minimum absolute atomic E-state index is 0.0675.